The highest BCUT2D eigenvalue weighted by Gasteiger charge is 2.27. The standard InChI is InChI=1S/C17H20N2O4S/c20-15-9-24-14-6-5-11(8-12(14)18-15)16(21)19-13(17(22)23)7-10-3-1-2-4-10/h5-6,8,10,13H,1-4,7,9H2,(H,18,20)(H,19,21)(H,22,23). The van der Waals surface area contributed by atoms with Crippen LogP contribution in [0.25, 0.3) is 0 Å². The van der Waals surface area contributed by atoms with Crippen molar-refractivity contribution in [2.75, 3.05) is 11.1 Å². The van der Waals surface area contributed by atoms with Crippen LogP contribution < -0.4 is 10.6 Å². The summed E-state index contributed by atoms with van der Waals surface area (Å²) in [5, 5.41) is 14.7. The first-order chi connectivity index (χ1) is 11.5. The molecule has 0 saturated heterocycles. The summed E-state index contributed by atoms with van der Waals surface area (Å²) in [5.41, 5.74) is 0.959. The van der Waals surface area contributed by atoms with Gasteiger partial charge in [-0.2, -0.15) is 0 Å². The molecule has 1 aromatic rings. The highest BCUT2D eigenvalue weighted by atomic mass is 32.2. The van der Waals surface area contributed by atoms with Gasteiger partial charge < -0.3 is 15.7 Å². The van der Waals surface area contributed by atoms with Gasteiger partial charge in [-0.15, -0.1) is 11.8 Å². The van der Waals surface area contributed by atoms with Gasteiger partial charge in [0.25, 0.3) is 5.91 Å². The van der Waals surface area contributed by atoms with Crippen LogP contribution in [0.4, 0.5) is 5.69 Å². The van der Waals surface area contributed by atoms with Gasteiger partial charge in [0.2, 0.25) is 5.91 Å². The Hall–Kier alpha value is -2.02. The number of hydrogen-bond donors (Lipinski definition) is 3. The first-order valence-electron chi connectivity index (χ1n) is 8.13. The molecule has 0 aromatic heterocycles. The average molecular weight is 348 g/mol. The number of carboxylic acid groups (broad SMARTS) is 1. The molecular formula is C17H20N2O4S. The first kappa shape index (κ1) is 16.8. The summed E-state index contributed by atoms with van der Waals surface area (Å²) in [5.74, 6) is -0.800. The van der Waals surface area contributed by atoms with Gasteiger partial charge in [-0.05, 0) is 30.5 Å². The fourth-order valence-electron chi connectivity index (χ4n) is 3.27. The lowest BCUT2D eigenvalue weighted by atomic mass is 9.98. The van der Waals surface area contributed by atoms with E-state index >= 15 is 0 Å². The van der Waals surface area contributed by atoms with E-state index in [2.05, 4.69) is 10.6 Å². The van der Waals surface area contributed by atoms with Crippen LogP contribution in [-0.2, 0) is 9.59 Å². The number of carbonyl (C=O) groups is 3. The van der Waals surface area contributed by atoms with Crippen LogP contribution in [0.3, 0.4) is 0 Å². The predicted octanol–water partition coefficient (Wildman–Crippen LogP) is 2.49. The zero-order valence-electron chi connectivity index (χ0n) is 13.2. The van der Waals surface area contributed by atoms with Crippen molar-refractivity contribution in [1.29, 1.82) is 0 Å². The average Bonchev–Trinajstić information content (AvgIpc) is 3.06. The van der Waals surface area contributed by atoms with E-state index in [0.29, 0.717) is 29.3 Å². The van der Waals surface area contributed by atoms with Crippen molar-refractivity contribution in [2.45, 2.75) is 43.0 Å². The van der Waals surface area contributed by atoms with Crippen molar-refractivity contribution >= 4 is 35.2 Å². The molecule has 1 fully saturated rings. The Kier molecular flexibility index (Phi) is 5.08. The molecule has 1 aromatic carbocycles. The molecule has 7 heteroatoms. The molecule has 1 aliphatic heterocycles. The minimum Gasteiger partial charge on any atom is -0.480 e. The Labute approximate surface area is 144 Å². The first-order valence-corrected chi connectivity index (χ1v) is 9.12. The highest BCUT2D eigenvalue weighted by molar-refractivity contribution is 8.00. The number of rotatable bonds is 5. The number of nitrogens with one attached hydrogen (secondary N) is 2. The summed E-state index contributed by atoms with van der Waals surface area (Å²) in [6.45, 7) is 0. The van der Waals surface area contributed by atoms with E-state index in [9.17, 15) is 19.5 Å². The summed E-state index contributed by atoms with van der Waals surface area (Å²) in [6.07, 6.45) is 4.79. The number of thioether (sulfide) groups is 1. The molecule has 0 bridgehead atoms. The molecule has 24 heavy (non-hydrogen) atoms. The normalized spacial score (nSPS) is 18.6. The number of hydrogen-bond acceptors (Lipinski definition) is 4. The predicted molar refractivity (Wildman–Crippen MR) is 91.3 cm³/mol. The minimum absolute atomic E-state index is 0.102. The Bertz CT molecular complexity index is 671. The number of benzene rings is 1. The lowest BCUT2D eigenvalue weighted by molar-refractivity contribution is -0.139. The lowest BCUT2D eigenvalue weighted by Gasteiger charge is -2.20. The Morgan fingerprint density at radius 1 is 1.33 bits per heavy atom. The maximum atomic E-state index is 12.4. The number of fused-ring (bicyclic) bond motifs is 1. The molecule has 2 amide bonds. The zero-order chi connectivity index (χ0) is 17.1. The molecule has 3 rings (SSSR count). The van der Waals surface area contributed by atoms with Gasteiger partial charge >= 0.3 is 5.97 Å². The van der Waals surface area contributed by atoms with Crippen LogP contribution in [0.2, 0.25) is 0 Å². The molecule has 0 radical (unpaired) electrons. The maximum absolute atomic E-state index is 12.4. The lowest BCUT2D eigenvalue weighted by Crippen LogP contribution is -2.42. The third-order valence-corrected chi connectivity index (χ3v) is 5.60. The summed E-state index contributed by atoms with van der Waals surface area (Å²) < 4.78 is 0. The second kappa shape index (κ2) is 7.25. The van der Waals surface area contributed by atoms with Gasteiger partial charge in [-0.1, -0.05) is 25.7 Å². The van der Waals surface area contributed by atoms with E-state index < -0.39 is 17.9 Å². The third-order valence-electron chi connectivity index (χ3n) is 4.52. The number of amides is 2. The Morgan fingerprint density at radius 3 is 2.79 bits per heavy atom. The highest BCUT2D eigenvalue weighted by Crippen LogP contribution is 2.32. The van der Waals surface area contributed by atoms with E-state index in [-0.39, 0.29) is 5.91 Å². The van der Waals surface area contributed by atoms with E-state index in [4.69, 9.17) is 0 Å². The van der Waals surface area contributed by atoms with Crippen molar-refractivity contribution in [3.63, 3.8) is 0 Å². The molecule has 1 unspecified atom stereocenters. The topological polar surface area (TPSA) is 95.5 Å². The van der Waals surface area contributed by atoms with Crippen LogP contribution >= 0.6 is 11.8 Å². The number of anilines is 1. The second-order valence-electron chi connectivity index (χ2n) is 6.30. The second-order valence-corrected chi connectivity index (χ2v) is 7.32. The van der Waals surface area contributed by atoms with Gasteiger partial charge in [0.1, 0.15) is 6.04 Å². The molecule has 2 aliphatic rings. The van der Waals surface area contributed by atoms with Gasteiger partial charge in [0.05, 0.1) is 11.4 Å². The number of aliphatic carboxylic acids is 1. The molecule has 3 N–H and O–H groups in total. The van der Waals surface area contributed by atoms with E-state index in [1.54, 1.807) is 18.2 Å². The minimum atomic E-state index is -1.00. The smallest absolute Gasteiger partial charge is 0.326 e. The van der Waals surface area contributed by atoms with E-state index in [1.807, 2.05) is 0 Å². The third kappa shape index (κ3) is 3.90. The molecule has 1 aliphatic carbocycles. The van der Waals surface area contributed by atoms with Gasteiger partial charge in [-0.3, -0.25) is 9.59 Å². The largest absolute Gasteiger partial charge is 0.480 e. The molecular weight excluding hydrogens is 328 g/mol. The zero-order valence-corrected chi connectivity index (χ0v) is 14.0. The summed E-state index contributed by atoms with van der Waals surface area (Å²) in [7, 11) is 0. The van der Waals surface area contributed by atoms with Crippen LogP contribution in [0, 0.1) is 5.92 Å². The van der Waals surface area contributed by atoms with Crippen LogP contribution in [0.15, 0.2) is 23.1 Å². The van der Waals surface area contributed by atoms with Crippen LogP contribution in [-0.4, -0.2) is 34.7 Å². The van der Waals surface area contributed by atoms with Crippen molar-refractivity contribution in [1.82, 2.24) is 5.32 Å². The van der Waals surface area contributed by atoms with Gasteiger partial charge in [0.15, 0.2) is 0 Å². The SMILES string of the molecule is O=C1CSc2ccc(C(=O)NC(CC3CCCC3)C(=O)O)cc2N1. The molecule has 1 heterocycles. The Morgan fingerprint density at radius 2 is 2.08 bits per heavy atom. The van der Waals surface area contributed by atoms with Crippen LogP contribution in [0.5, 0.6) is 0 Å². The molecule has 1 atom stereocenters. The molecule has 6 nitrogen and oxygen atoms in total. The molecule has 0 spiro atoms. The van der Waals surface area contributed by atoms with E-state index in [0.717, 1.165) is 30.6 Å². The number of carboxylic acids is 1. The summed E-state index contributed by atoms with van der Waals surface area (Å²) in [6, 6.07) is 4.16. The van der Waals surface area contributed by atoms with Gasteiger partial charge in [-0.25, -0.2) is 4.79 Å². The van der Waals surface area contributed by atoms with Crippen molar-refractivity contribution < 1.29 is 19.5 Å². The van der Waals surface area contributed by atoms with Crippen molar-refractivity contribution in [3.8, 4) is 0 Å². The van der Waals surface area contributed by atoms with E-state index in [1.165, 1.54) is 11.8 Å². The number of carbonyl (C=O) groups excluding carboxylic acids is 2. The summed E-state index contributed by atoms with van der Waals surface area (Å²) >= 11 is 1.42. The maximum Gasteiger partial charge on any atom is 0.326 e. The van der Waals surface area contributed by atoms with Crippen molar-refractivity contribution in [2.24, 2.45) is 5.92 Å². The van der Waals surface area contributed by atoms with Crippen molar-refractivity contribution in [3.05, 3.63) is 23.8 Å². The van der Waals surface area contributed by atoms with Crippen LogP contribution in [0.1, 0.15) is 42.5 Å². The molecule has 128 valence electrons. The fraction of sp³-hybridized carbons (Fsp3) is 0.471. The van der Waals surface area contributed by atoms with Gasteiger partial charge in [0, 0.05) is 10.5 Å². The summed E-state index contributed by atoms with van der Waals surface area (Å²) in [4.78, 5) is 36.2. The molecule has 1 saturated carbocycles. The monoisotopic (exact) mass is 348 g/mol. The Balaban J connectivity index is 1.69. The fourth-order valence-corrected chi connectivity index (χ4v) is 4.06. The quantitative estimate of drug-likeness (QED) is 0.760.